The summed E-state index contributed by atoms with van der Waals surface area (Å²) in [5.74, 6) is 0. The number of hydrogen-bond acceptors (Lipinski definition) is 2. The van der Waals surface area contributed by atoms with Gasteiger partial charge in [-0.25, -0.2) is 4.79 Å². The molecule has 8 heteroatoms. The highest BCUT2D eigenvalue weighted by atomic mass is 16.2. The quantitative estimate of drug-likeness (QED) is 0.526. The summed E-state index contributed by atoms with van der Waals surface area (Å²) in [5, 5.41) is 6.35. The van der Waals surface area contributed by atoms with Crippen molar-refractivity contribution >= 4 is 6.03 Å². The first-order valence-corrected chi connectivity index (χ1v) is 5.62. The van der Waals surface area contributed by atoms with Crippen molar-refractivity contribution in [2.45, 2.75) is 31.7 Å². The summed E-state index contributed by atoms with van der Waals surface area (Å²) in [6.45, 7) is 3.55. The van der Waals surface area contributed by atoms with E-state index in [2.05, 4.69) is 10.6 Å². The summed E-state index contributed by atoms with van der Waals surface area (Å²) in [6, 6.07) is 0.579. The Hall–Kier alpha value is -0.930. The fraction of sp³-hybridized carbons (Fsp3) is 0.900. The number of urea groups is 1. The Morgan fingerprint density at radius 1 is 1.00 bits per heavy atom. The number of rotatable bonds is 1. The Kier molecular flexibility index (Phi) is 13.8. The molecule has 0 aromatic carbocycles. The monoisotopic (exact) mass is 269 g/mol. The van der Waals surface area contributed by atoms with Crippen molar-refractivity contribution in [3.63, 3.8) is 0 Å². The van der Waals surface area contributed by atoms with Gasteiger partial charge in [-0.15, -0.1) is 0 Å². The average Bonchev–Trinajstić information content (AvgIpc) is 2.72. The molecule has 1 aliphatic carbocycles. The molecule has 2 amide bonds. The lowest BCUT2D eigenvalue weighted by Crippen LogP contribution is -2.51. The maximum Gasteiger partial charge on any atom is 0.317 e. The molecule has 0 unspecified atom stereocenters. The zero-order valence-corrected chi connectivity index (χ0v) is 10.6. The molecule has 2 aliphatic rings. The third-order valence-corrected chi connectivity index (χ3v) is 3.09. The van der Waals surface area contributed by atoms with Crippen LogP contribution in [-0.2, 0) is 0 Å². The topological polar surface area (TPSA) is 170 Å². The van der Waals surface area contributed by atoms with Gasteiger partial charge in [-0.1, -0.05) is 12.8 Å². The lowest BCUT2D eigenvalue weighted by Gasteiger charge is -2.28. The van der Waals surface area contributed by atoms with Crippen molar-refractivity contribution in [2.75, 3.05) is 26.2 Å². The van der Waals surface area contributed by atoms with Gasteiger partial charge in [0.25, 0.3) is 0 Å². The van der Waals surface area contributed by atoms with E-state index in [4.69, 9.17) is 0 Å². The second-order valence-electron chi connectivity index (χ2n) is 4.17. The minimum Gasteiger partial charge on any atom is -0.412 e. The van der Waals surface area contributed by atoms with E-state index in [0.29, 0.717) is 6.04 Å². The van der Waals surface area contributed by atoms with Crippen LogP contribution in [-0.4, -0.2) is 65.1 Å². The van der Waals surface area contributed by atoms with Gasteiger partial charge in [0.1, 0.15) is 0 Å². The van der Waals surface area contributed by atoms with E-state index in [1.807, 2.05) is 4.90 Å². The second kappa shape index (κ2) is 11.2. The van der Waals surface area contributed by atoms with E-state index in [0.717, 1.165) is 39.0 Å². The molecule has 8 nitrogen and oxygen atoms in total. The Morgan fingerprint density at radius 2 is 1.50 bits per heavy atom. The molecule has 0 aromatic heterocycles. The lowest BCUT2D eigenvalue weighted by molar-refractivity contribution is 0.186. The summed E-state index contributed by atoms with van der Waals surface area (Å²) >= 11 is 0. The molecule has 0 bridgehead atoms. The van der Waals surface area contributed by atoms with E-state index < -0.39 is 0 Å². The van der Waals surface area contributed by atoms with Gasteiger partial charge in [-0.05, 0) is 12.8 Å². The van der Waals surface area contributed by atoms with Crippen molar-refractivity contribution in [1.29, 1.82) is 0 Å². The highest BCUT2D eigenvalue weighted by Gasteiger charge is 2.21. The van der Waals surface area contributed by atoms with Gasteiger partial charge in [0.15, 0.2) is 0 Å². The van der Waals surface area contributed by atoms with E-state index in [9.17, 15) is 4.79 Å². The Labute approximate surface area is 107 Å². The van der Waals surface area contributed by atoms with Crippen molar-refractivity contribution in [2.24, 2.45) is 0 Å². The summed E-state index contributed by atoms with van der Waals surface area (Å²) in [4.78, 5) is 13.7. The van der Waals surface area contributed by atoms with Crippen LogP contribution in [0.2, 0.25) is 0 Å². The molecule has 2 rings (SSSR count). The number of nitrogens with one attached hydrogen (secondary N) is 2. The number of carbonyl (C=O) groups excluding carboxylic acids is 1. The molecule has 0 radical (unpaired) electrons. The molecule has 1 saturated carbocycles. The summed E-state index contributed by atoms with van der Waals surface area (Å²) in [5.41, 5.74) is 0. The largest absolute Gasteiger partial charge is 0.412 e. The maximum atomic E-state index is 11.7. The Bertz CT molecular complexity index is 206. The molecule has 2 fully saturated rings. The van der Waals surface area contributed by atoms with Gasteiger partial charge in [-0.3, -0.25) is 0 Å². The van der Waals surface area contributed by atoms with Crippen LogP contribution in [0.25, 0.3) is 0 Å². The zero-order valence-electron chi connectivity index (χ0n) is 10.6. The molecule has 18 heavy (non-hydrogen) atoms. The first-order valence-electron chi connectivity index (χ1n) is 5.62. The Balaban J connectivity index is -0.000000562. The number of nitrogens with zero attached hydrogens (tertiary/aromatic N) is 1. The number of piperazine rings is 1. The van der Waals surface area contributed by atoms with Crippen LogP contribution in [0.3, 0.4) is 0 Å². The van der Waals surface area contributed by atoms with Gasteiger partial charge in [0.2, 0.25) is 0 Å². The van der Waals surface area contributed by atoms with Gasteiger partial charge >= 0.3 is 6.03 Å². The van der Waals surface area contributed by atoms with E-state index in [1.54, 1.807) is 0 Å². The molecule has 0 aromatic rings. The third-order valence-electron chi connectivity index (χ3n) is 3.09. The van der Waals surface area contributed by atoms with Crippen LogP contribution >= 0.6 is 0 Å². The lowest BCUT2D eigenvalue weighted by atomic mass is 10.2. The smallest absolute Gasteiger partial charge is 0.317 e. The normalized spacial score (nSPS) is 18.6. The molecular weight excluding hydrogens is 242 g/mol. The molecule has 10 N–H and O–H groups in total. The molecule has 1 saturated heterocycles. The predicted octanol–water partition coefficient (Wildman–Crippen LogP) is -2.75. The number of carbonyl (C=O) groups is 1. The molecule has 112 valence electrons. The SMILES string of the molecule is O.O.O.O.O=C(NC1CCCC1)N1CCNCC1. The van der Waals surface area contributed by atoms with Gasteiger partial charge < -0.3 is 37.4 Å². The fourth-order valence-electron chi connectivity index (χ4n) is 2.20. The van der Waals surface area contributed by atoms with Crippen molar-refractivity contribution in [1.82, 2.24) is 15.5 Å². The van der Waals surface area contributed by atoms with Crippen LogP contribution in [0.5, 0.6) is 0 Å². The average molecular weight is 269 g/mol. The first kappa shape index (κ1) is 22.3. The molecular formula is C10H27N3O5. The number of hydrogen-bond donors (Lipinski definition) is 2. The zero-order chi connectivity index (χ0) is 9.80. The molecule has 1 aliphatic heterocycles. The van der Waals surface area contributed by atoms with Crippen LogP contribution in [0, 0.1) is 0 Å². The first-order chi connectivity index (χ1) is 6.86. The minimum absolute atomic E-state index is 0. The standard InChI is InChI=1S/C10H19N3O.4H2O/c14-10(12-9-3-1-2-4-9)13-7-5-11-6-8-13;;;;/h9,11H,1-8H2,(H,12,14);4*1H2. The number of amides is 2. The highest BCUT2D eigenvalue weighted by molar-refractivity contribution is 5.74. The van der Waals surface area contributed by atoms with Crippen LogP contribution < -0.4 is 10.6 Å². The predicted molar refractivity (Wildman–Crippen MR) is 69.7 cm³/mol. The van der Waals surface area contributed by atoms with Crippen molar-refractivity contribution in [3.8, 4) is 0 Å². The van der Waals surface area contributed by atoms with Gasteiger partial charge in [0.05, 0.1) is 0 Å². The molecule has 1 heterocycles. The Morgan fingerprint density at radius 3 is 2.00 bits per heavy atom. The fourth-order valence-corrected chi connectivity index (χ4v) is 2.20. The summed E-state index contributed by atoms with van der Waals surface area (Å²) < 4.78 is 0. The van der Waals surface area contributed by atoms with Crippen LogP contribution in [0.15, 0.2) is 0 Å². The third kappa shape index (κ3) is 6.12. The van der Waals surface area contributed by atoms with Crippen molar-refractivity contribution < 1.29 is 26.7 Å². The summed E-state index contributed by atoms with van der Waals surface area (Å²) in [7, 11) is 0. The minimum atomic E-state index is 0. The second-order valence-corrected chi connectivity index (χ2v) is 4.17. The summed E-state index contributed by atoms with van der Waals surface area (Å²) in [6.07, 6.45) is 4.87. The van der Waals surface area contributed by atoms with Crippen LogP contribution in [0.4, 0.5) is 4.79 Å². The van der Waals surface area contributed by atoms with E-state index >= 15 is 0 Å². The van der Waals surface area contributed by atoms with Gasteiger partial charge in [0, 0.05) is 32.2 Å². The van der Waals surface area contributed by atoms with Crippen LogP contribution in [0.1, 0.15) is 25.7 Å². The van der Waals surface area contributed by atoms with Crippen molar-refractivity contribution in [3.05, 3.63) is 0 Å². The highest BCUT2D eigenvalue weighted by Crippen LogP contribution is 2.17. The van der Waals surface area contributed by atoms with E-state index in [1.165, 1.54) is 12.8 Å². The van der Waals surface area contributed by atoms with E-state index in [-0.39, 0.29) is 27.9 Å². The maximum absolute atomic E-state index is 11.7. The molecule has 0 atom stereocenters. The van der Waals surface area contributed by atoms with Gasteiger partial charge in [-0.2, -0.15) is 0 Å². The molecule has 0 spiro atoms.